The Bertz CT molecular complexity index is 632. The zero-order valence-corrected chi connectivity index (χ0v) is 14.3. The molecule has 0 unspecified atom stereocenters. The van der Waals surface area contributed by atoms with Gasteiger partial charge in [0.15, 0.2) is 0 Å². The normalized spacial score (nSPS) is 10.1. The highest BCUT2D eigenvalue weighted by atomic mass is 16.5. The number of hydrogen-bond acceptors (Lipinski definition) is 3. The standard InChI is InChI=1S/C19H25N3O2/c1-3-24-18-12-7-9-16(15-18)21-19(23)20-13-8-14-22(2)17-10-5-4-6-11-17/h4-7,9-12,15H,3,8,13-14H2,1-2H3,(H2,20,21,23). The van der Waals surface area contributed by atoms with E-state index >= 15 is 0 Å². The van der Waals surface area contributed by atoms with Gasteiger partial charge in [-0.1, -0.05) is 24.3 Å². The van der Waals surface area contributed by atoms with Gasteiger partial charge in [-0.3, -0.25) is 0 Å². The van der Waals surface area contributed by atoms with Gasteiger partial charge in [0.25, 0.3) is 0 Å². The molecule has 24 heavy (non-hydrogen) atoms. The molecule has 5 heteroatoms. The van der Waals surface area contributed by atoms with E-state index < -0.39 is 0 Å². The predicted octanol–water partition coefficient (Wildman–Crippen LogP) is 3.73. The number of nitrogens with zero attached hydrogens (tertiary/aromatic N) is 1. The Hall–Kier alpha value is -2.69. The van der Waals surface area contributed by atoms with Crippen molar-refractivity contribution in [3.05, 3.63) is 54.6 Å². The number of urea groups is 1. The third-order valence-corrected chi connectivity index (χ3v) is 3.56. The Morgan fingerprint density at radius 1 is 1.12 bits per heavy atom. The molecular formula is C19H25N3O2. The predicted molar refractivity (Wildman–Crippen MR) is 99.0 cm³/mol. The van der Waals surface area contributed by atoms with E-state index in [1.807, 2.05) is 49.4 Å². The molecule has 0 bridgehead atoms. The van der Waals surface area contributed by atoms with Gasteiger partial charge >= 0.3 is 6.03 Å². The van der Waals surface area contributed by atoms with Crippen LogP contribution in [0.2, 0.25) is 0 Å². The van der Waals surface area contributed by atoms with Crippen LogP contribution in [0.25, 0.3) is 0 Å². The average molecular weight is 327 g/mol. The molecule has 128 valence electrons. The molecule has 0 spiro atoms. The quantitative estimate of drug-likeness (QED) is 0.726. The zero-order chi connectivity index (χ0) is 17.2. The van der Waals surface area contributed by atoms with E-state index in [-0.39, 0.29) is 6.03 Å². The maximum atomic E-state index is 11.9. The molecule has 0 aliphatic rings. The molecule has 2 amide bonds. The second-order valence-electron chi connectivity index (χ2n) is 5.45. The fraction of sp³-hybridized carbons (Fsp3) is 0.316. The van der Waals surface area contributed by atoms with Crippen molar-refractivity contribution in [3.8, 4) is 5.75 Å². The lowest BCUT2D eigenvalue weighted by molar-refractivity contribution is 0.252. The van der Waals surface area contributed by atoms with Crippen LogP contribution < -0.4 is 20.3 Å². The Morgan fingerprint density at radius 2 is 1.92 bits per heavy atom. The molecule has 2 aromatic rings. The molecule has 2 aromatic carbocycles. The van der Waals surface area contributed by atoms with Crippen molar-refractivity contribution < 1.29 is 9.53 Å². The Morgan fingerprint density at radius 3 is 2.67 bits per heavy atom. The van der Waals surface area contributed by atoms with Crippen molar-refractivity contribution in [1.82, 2.24) is 5.32 Å². The molecule has 0 aliphatic heterocycles. The van der Waals surface area contributed by atoms with E-state index in [4.69, 9.17) is 4.74 Å². The highest BCUT2D eigenvalue weighted by Gasteiger charge is 2.03. The first kappa shape index (κ1) is 17.7. The minimum Gasteiger partial charge on any atom is -0.494 e. The number of carbonyl (C=O) groups excluding carboxylic acids is 1. The van der Waals surface area contributed by atoms with Gasteiger partial charge in [-0.15, -0.1) is 0 Å². The second kappa shape index (κ2) is 9.45. The third-order valence-electron chi connectivity index (χ3n) is 3.56. The van der Waals surface area contributed by atoms with E-state index in [2.05, 4.69) is 34.7 Å². The summed E-state index contributed by atoms with van der Waals surface area (Å²) in [7, 11) is 2.05. The zero-order valence-electron chi connectivity index (χ0n) is 14.3. The van der Waals surface area contributed by atoms with Crippen LogP contribution in [-0.4, -0.2) is 32.8 Å². The average Bonchev–Trinajstić information content (AvgIpc) is 2.60. The summed E-state index contributed by atoms with van der Waals surface area (Å²) >= 11 is 0. The van der Waals surface area contributed by atoms with E-state index in [1.165, 1.54) is 5.69 Å². The minimum absolute atomic E-state index is 0.203. The van der Waals surface area contributed by atoms with Gasteiger partial charge in [-0.05, 0) is 37.6 Å². The molecule has 2 N–H and O–H groups in total. The number of amides is 2. The Labute approximate surface area is 143 Å². The van der Waals surface area contributed by atoms with Gasteiger partial charge in [0, 0.05) is 37.6 Å². The number of rotatable bonds is 8. The van der Waals surface area contributed by atoms with Crippen molar-refractivity contribution >= 4 is 17.4 Å². The molecule has 0 aliphatic carbocycles. The lowest BCUT2D eigenvalue weighted by Gasteiger charge is -2.19. The molecule has 0 heterocycles. The first-order chi connectivity index (χ1) is 11.7. The molecule has 0 atom stereocenters. The molecule has 2 rings (SSSR count). The summed E-state index contributed by atoms with van der Waals surface area (Å²) in [6.45, 7) is 4.03. The summed E-state index contributed by atoms with van der Waals surface area (Å²) < 4.78 is 5.42. The number of nitrogens with one attached hydrogen (secondary N) is 2. The monoisotopic (exact) mass is 327 g/mol. The van der Waals surface area contributed by atoms with Gasteiger partial charge in [-0.25, -0.2) is 4.79 Å². The lowest BCUT2D eigenvalue weighted by atomic mass is 10.3. The van der Waals surface area contributed by atoms with Gasteiger partial charge in [0.1, 0.15) is 5.75 Å². The molecule has 0 aromatic heterocycles. The van der Waals surface area contributed by atoms with Gasteiger partial charge in [0.05, 0.1) is 6.61 Å². The molecular weight excluding hydrogens is 302 g/mol. The SMILES string of the molecule is CCOc1cccc(NC(=O)NCCCN(C)c2ccccc2)c1. The van der Waals surface area contributed by atoms with Gasteiger partial charge in [0.2, 0.25) is 0 Å². The van der Waals surface area contributed by atoms with E-state index in [0.29, 0.717) is 13.2 Å². The number of hydrogen-bond donors (Lipinski definition) is 2. The van der Waals surface area contributed by atoms with Crippen molar-refractivity contribution in [2.75, 3.05) is 37.0 Å². The summed E-state index contributed by atoms with van der Waals surface area (Å²) in [5.41, 5.74) is 1.90. The molecule has 0 saturated heterocycles. The highest BCUT2D eigenvalue weighted by molar-refractivity contribution is 5.89. The summed E-state index contributed by atoms with van der Waals surface area (Å²) in [4.78, 5) is 14.1. The number of benzene rings is 2. The van der Waals surface area contributed by atoms with Gasteiger partial charge < -0.3 is 20.3 Å². The van der Waals surface area contributed by atoms with Gasteiger partial charge in [-0.2, -0.15) is 0 Å². The highest BCUT2D eigenvalue weighted by Crippen LogP contribution is 2.17. The van der Waals surface area contributed by atoms with Crippen LogP contribution in [0.15, 0.2) is 54.6 Å². The summed E-state index contributed by atoms with van der Waals surface area (Å²) in [5.74, 6) is 0.750. The van der Waals surface area contributed by atoms with Crippen LogP contribution in [0, 0.1) is 0 Å². The smallest absolute Gasteiger partial charge is 0.319 e. The van der Waals surface area contributed by atoms with Crippen molar-refractivity contribution in [1.29, 1.82) is 0 Å². The lowest BCUT2D eigenvalue weighted by Crippen LogP contribution is -2.31. The summed E-state index contributed by atoms with van der Waals surface area (Å²) in [6.07, 6.45) is 0.873. The number of anilines is 2. The third kappa shape index (κ3) is 5.83. The molecule has 0 radical (unpaired) electrons. The number of carbonyl (C=O) groups is 1. The van der Waals surface area contributed by atoms with Crippen LogP contribution in [0.1, 0.15) is 13.3 Å². The van der Waals surface area contributed by atoms with Crippen LogP contribution in [0.5, 0.6) is 5.75 Å². The van der Waals surface area contributed by atoms with Crippen molar-refractivity contribution in [2.24, 2.45) is 0 Å². The second-order valence-corrected chi connectivity index (χ2v) is 5.45. The summed E-state index contributed by atoms with van der Waals surface area (Å²) in [5, 5.41) is 5.69. The van der Waals surface area contributed by atoms with Crippen molar-refractivity contribution in [3.63, 3.8) is 0 Å². The molecule has 5 nitrogen and oxygen atoms in total. The Kier molecular flexibility index (Phi) is 6.95. The number of ether oxygens (including phenoxy) is 1. The van der Waals surface area contributed by atoms with Crippen LogP contribution in [-0.2, 0) is 0 Å². The maximum Gasteiger partial charge on any atom is 0.319 e. The van der Waals surface area contributed by atoms with E-state index in [9.17, 15) is 4.79 Å². The molecule has 0 fully saturated rings. The van der Waals surface area contributed by atoms with Crippen LogP contribution >= 0.6 is 0 Å². The first-order valence-corrected chi connectivity index (χ1v) is 8.23. The van der Waals surface area contributed by atoms with E-state index in [0.717, 1.165) is 24.4 Å². The van der Waals surface area contributed by atoms with Crippen molar-refractivity contribution in [2.45, 2.75) is 13.3 Å². The Balaban J connectivity index is 1.69. The van der Waals surface area contributed by atoms with Crippen LogP contribution in [0.4, 0.5) is 16.2 Å². The summed E-state index contributed by atoms with van der Waals surface area (Å²) in [6, 6.07) is 17.4. The molecule has 0 saturated carbocycles. The van der Waals surface area contributed by atoms with E-state index in [1.54, 1.807) is 0 Å². The minimum atomic E-state index is -0.203. The first-order valence-electron chi connectivity index (χ1n) is 8.23. The fourth-order valence-corrected chi connectivity index (χ4v) is 2.34. The van der Waals surface area contributed by atoms with Crippen LogP contribution in [0.3, 0.4) is 0 Å². The fourth-order valence-electron chi connectivity index (χ4n) is 2.34. The topological polar surface area (TPSA) is 53.6 Å². The number of para-hydroxylation sites is 1. The largest absolute Gasteiger partial charge is 0.494 e. The maximum absolute atomic E-state index is 11.9.